The summed E-state index contributed by atoms with van der Waals surface area (Å²) in [5.74, 6) is -0.166. The van der Waals surface area contributed by atoms with Crippen molar-refractivity contribution in [1.29, 1.82) is 0 Å². The molecule has 1 aromatic carbocycles. The Bertz CT molecular complexity index is 316. The highest BCUT2D eigenvalue weighted by Crippen LogP contribution is 2.14. The lowest BCUT2D eigenvalue weighted by Gasteiger charge is -2.03. The predicted molar refractivity (Wildman–Crippen MR) is 49.4 cm³/mol. The molecule has 0 atom stereocenters. The first-order chi connectivity index (χ1) is 5.66. The van der Waals surface area contributed by atoms with Gasteiger partial charge in [0.05, 0.1) is 0 Å². The fourth-order valence-electron chi connectivity index (χ4n) is 1.04. The average Bonchev–Trinajstić information content (AvgIpc) is 2.07. The largest absolute Gasteiger partial charge is 0.296 e. The lowest BCUT2D eigenvalue weighted by Crippen LogP contribution is -1.94. The second-order valence-electron chi connectivity index (χ2n) is 2.80. The highest BCUT2D eigenvalue weighted by atomic mass is 19.1. The predicted octanol–water partition coefficient (Wildman–Crippen LogP) is 2.49. The van der Waals surface area contributed by atoms with Crippen LogP contribution >= 0.6 is 0 Å². The average molecular weight is 165 g/mol. The van der Waals surface area contributed by atoms with Crippen LogP contribution in [0.2, 0.25) is 0 Å². The van der Waals surface area contributed by atoms with Crippen LogP contribution in [0.3, 0.4) is 0 Å². The summed E-state index contributed by atoms with van der Waals surface area (Å²) in [4.78, 5) is 3.77. The summed E-state index contributed by atoms with van der Waals surface area (Å²) in [5, 5.41) is 0. The fraction of sp³-hybridized carbons (Fsp3) is 0.300. The van der Waals surface area contributed by atoms with Gasteiger partial charge in [0.15, 0.2) is 0 Å². The van der Waals surface area contributed by atoms with Gasteiger partial charge in [-0.15, -0.1) is 0 Å². The van der Waals surface area contributed by atoms with E-state index < -0.39 is 0 Å². The Labute approximate surface area is 72.0 Å². The van der Waals surface area contributed by atoms with Crippen LogP contribution in [0.25, 0.3) is 0 Å². The molecule has 0 spiro atoms. The molecule has 12 heavy (non-hydrogen) atoms. The van der Waals surface area contributed by atoms with Crippen LogP contribution in [0.5, 0.6) is 0 Å². The van der Waals surface area contributed by atoms with Crippen LogP contribution in [0.1, 0.15) is 16.7 Å². The molecular weight excluding hydrogens is 153 g/mol. The summed E-state index contributed by atoms with van der Waals surface area (Å²) in [6.07, 6.45) is 1.53. The van der Waals surface area contributed by atoms with Crippen LogP contribution < -0.4 is 0 Å². The van der Waals surface area contributed by atoms with E-state index in [4.69, 9.17) is 0 Å². The Balaban J connectivity index is 3.26. The molecular formula is C10H12FN. The number of benzene rings is 1. The Morgan fingerprint density at radius 3 is 2.58 bits per heavy atom. The number of aryl methyl sites for hydroxylation is 1. The van der Waals surface area contributed by atoms with Gasteiger partial charge in [-0.2, -0.15) is 0 Å². The molecule has 1 nitrogen and oxygen atoms in total. The van der Waals surface area contributed by atoms with Gasteiger partial charge in [0.2, 0.25) is 0 Å². The highest BCUT2D eigenvalue weighted by Gasteiger charge is 2.04. The Morgan fingerprint density at radius 2 is 2.00 bits per heavy atom. The lowest BCUT2D eigenvalue weighted by molar-refractivity contribution is 0.615. The normalized spacial score (nSPS) is 11.0. The minimum atomic E-state index is -0.166. The zero-order chi connectivity index (χ0) is 9.14. The molecule has 0 amide bonds. The molecule has 0 aliphatic rings. The molecule has 0 aliphatic carbocycles. The molecule has 0 fully saturated rings. The molecule has 1 aromatic rings. The summed E-state index contributed by atoms with van der Waals surface area (Å²) >= 11 is 0. The van der Waals surface area contributed by atoms with Crippen molar-refractivity contribution in [3.8, 4) is 0 Å². The van der Waals surface area contributed by atoms with Gasteiger partial charge in [-0.1, -0.05) is 12.1 Å². The lowest BCUT2D eigenvalue weighted by atomic mass is 10.1. The number of hydrogen-bond acceptors (Lipinski definition) is 1. The van der Waals surface area contributed by atoms with E-state index in [0.29, 0.717) is 11.1 Å². The molecule has 0 unspecified atom stereocenters. The first-order valence-electron chi connectivity index (χ1n) is 3.84. The molecule has 0 heterocycles. The first kappa shape index (κ1) is 8.91. The smallest absolute Gasteiger partial charge is 0.135 e. The maximum atomic E-state index is 13.4. The quantitative estimate of drug-likeness (QED) is 0.567. The van der Waals surface area contributed by atoms with Crippen LogP contribution in [0.15, 0.2) is 17.1 Å². The maximum Gasteiger partial charge on any atom is 0.135 e. The summed E-state index contributed by atoms with van der Waals surface area (Å²) in [6.45, 7) is 3.67. The number of hydrogen-bond donors (Lipinski definition) is 0. The van der Waals surface area contributed by atoms with Crippen molar-refractivity contribution in [3.63, 3.8) is 0 Å². The van der Waals surface area contributed by atoms with E-state index in [9.17, 15) is 4.39 Å². The number of nitrogens with zero attached hydrogens (tertiary/aromatic N) is 1. The van der Waals surface area contributed by atoms with Gasteiger partial charge >= 0.3 is 0 Å². The molecule has 0 radical (unpaired) electrons. The second-order valence-corrected chi connectivity index (χ2v) is 2.80. The molecule has 0 aliphatic heterocycles. The molecule has 0 saturated heterocycles. The number of aliphatic imine (C=N–C) groups is 1. The fourth-order valence-corrected chi connectivity index (χ4v) is 1.04. The highest BCUT2D eigenvalue weighted by molar-refractivity contribution is 5.80. The van der Waals surface area contributed by atoms with E-state index in [1.165, 1.54) is 6.21 Å². The van der Waals surface area contributed by atoms with Crippen molar-refractivity contribution >= 4 is 6.21 Å². The molecule has 0 aromatic heterocycles. The summed E-state index contributed by atoms with van der Waals surface area (Å²) in [7, 11) is 1.63. The van der Waals surface area contributed by atoms with E-state index in [-0.39, 0.29) is 5.82 Å². The zero-order valence-electron chi connectivity index (χ0n) is 7.56. The van der Waals surface area contributed by atoms with Gasteiger partial charge in [-0.25, -0.2) is 4.39 Å². The third kappa shape index (κ3) is 1.52. The van der Waals surface area contributed by atoms with Crippen LogP contribution in [0, 0.1) is 19.7 Å². The second kappa shape index (κ2) is 3.48. The van der Waals surface area contributed by atoms with Crippen LogP contribution in [-0.4, -0.2) is 13.3 Å². The Kier molecular flexibility index (Phi) is 2.58. The molecule has 0 saturated carbocycles. The minimum absolute atomic E-state index is 0.166. The zero-order valence-corrected chi connectivity index (χ0v) is 7.56. The van der Waals surface area contributed by atoms with Crippen molar-refractivity contribution in [3.05, 3.63) is 34.6 Å². The van der Waals surface area contributed by atoms with E-state index in [0.717, 1.165) is 5.56 Å². The Morgan fingerprint density at radius 1 is 1.33 bits per heavy atom. The van der Waals surface area contributed by atoms with Gasteiger partial charge < -0.3 is 0 Å². The van der Waals surface area contributed by atoms with Crippen LogP contribution in [-0.2, 0) is 0 Å². The topological polar surface area (TPSA) is 12.4 Å². The summed E-state index contributed by atoms with van der Waals surface area (Å²) < 4.78 is 13.4. The van der Waals surface area contributed by atoms with Crippen molar-refractivity contribution in [1.82, 2.24) is 0 Å². The molecule has 0 bridgehead atoms. The van der Waals surface area contributed by atoms with E-state index in [1.807, 2.05) is 13.0 Å². The third-order valence-corrected chi connectivity index (χ3v) is 1.96. The standard InChI is InChI=1S/C10H12FN/c1-7-4-5-9(6-12-3)10(11)8(7)2/h4-6H,1-3H3/b12-6+. The monoisotopic (exact) mass is 165 g/mol. The Hall–Kier alpha value is -1.18. The van der Waals surface area contributed by atoms with E-state index in [2.05, 4.69) is 4.99 Å². The van der Waals surface area contributed by atoms with E-state index in [1.54, 1.807) is 20.0 Å². The maximum absolute atomic E-state index is 13.4. The third-order valence-electron chi connectivity index (χ3n) is 1.96. The number of halogens is 1. The van der Waals surface area contributed by atoms with Crippen LogP contribution in [0.4, 0.5) is 4.39 Å². The van der Waals surface area contributed by atoms with Crippen molar-refractivity contribution in [2.24, 2.45) is 4.99 Å². The van der Waals surface area contributed by atoms with Gasteiger partial charge in [-0.3, -0.25) is 4.99 Å². The molecule has 64 valence electrons. The minimum Gasteiger partial charge on any atom is -0.296 e. The summed E-state index contributed by atoms with van der Waals surface area (Å²) in [6, 6.07) is 3.64. The van der Waals surface area contributed by atoms with Gasteiger partial charge in [-0.05, 0) is 25.0 Å². The van der Waals surface area contributed by atoms with Gasteiger partial charge in [0.25, 0.3) is 0 Å². The summed E-state index contributed by atoms with van der Waals surface area (Å²) in [5.41, 5.74) is 2.23. The first-order valence-corrected chi connectivity index (χ1v) is 3.84. The van der Waals surface area contributed by atoms with Crippen molar-refractivity contribution < 1.29 is 4.39 Å². The van der Waals surface area contributed by atoms with Crippen molar-refractivity contribution in [2.75, 3.05) is 7.05 Å². The number of rotatable bonds is 1. The molecule has 2 heteroatoms. The van der Waals surface area contributed by atoms with Gasteiger partial charge in [0, 0.05) is 18.8 Å². The SMILES string of the molecule is C/N=C/c1ccc(C)c(C)c1F. The van der Waals surface area contributed by atoms with E-state index >= 15 is 0 Å². The van der Waals surface area contributed by atoms with Gasteiger partial charge in [0.1, 0.15) is 5.82 Å². The molecule has 1 rings (SSSR count). The molecule has 0 N–H and O–H groups in total. The van der Waals surface area contributed by atoms with Crippen molar-refractivity contribution in [2.45, 2.75) is 13.8 Å².